The van der Waals surface area contributed by atoms with Gasteiger partial charge >= 0.3 is 0 Å². The van der Waals surface area contributed by atoms with Crippen LogP contribution < -0.4 is 0 Å². The van der Waals surface area contributed by atoms with Gasteiger partial charge in [-0.2, -0.15) is 4.36 Å². The van der Waals surface area contributed by atoms with E-state index < -0.39 is 9.73 Å². The molecule has 0 bridgehead atoms. The molecule has 2 rings (SSSR count). The average molecular weight is 266 g/mol. The standard InChI is InChI=1S/C13H12ClNOS/c1-17(16,11-7-3-2-4-8-11)15-13-10-6-5-9-12(13)14/h2-10H,1H3. The van der Waals surface area contributed by atoms with Crippen LogP contribution in [0.4, 0.5) is 5.69 Å². The molecular formula is C13H12ClNOS. The van der Waals surface area contributed by atoms with Crippen molar-refractivity contribution in [2.45, 2.75) is 4.90 Å². The maximum Gasteiger partial charge on any atom is 0.0919 e. The van der Waals surface area contributed by atoms with Gasteiger partial charge in [-0.25, -0.2) is 4.21 Å². The van der Waals surface area contributed by atoms with Crippen molar-refractivity contribution < 1.29 is 4.21 Å². The predicted molar refractivity (Wildman–Crippen MR) is 72.3 cm³/mol. The van der Waals surface area contributed by atoms with Crippen molar-refractivity contribution in [1.82, 2.24) is 0 Å². The molecule has 0 aromatic heterocycles. The van der Waals surface area contributed by atoms with Crippen molar-refractivity contribution in [1.29, 1.82) is 0 Å². The number of nitrogens with zero attached hydrogens (tertiary/aromatic N) is 1. The molecule has 0 heterocycles. The van der Waals surface area contributed by atoms with Crippen LogP contribution in [0, 0.1) is 0 Å². The van der Waals surface area contributed by atoms with E-state index in [4.69, 9.17) is 11.6 Å². The minimum atomic E-state index is -2.45. The fraction of sp³-hybridized carbons (Fsp3) is 0.0769. The molecule has 1 atom stereocenters. The lowest BCUT2D eigenvalue weighted by Gasteiger charge is -2.05. The highest BCUT2D eigenvalue weighted by Crippen LogP contribution is 2.26. The van der Waals surface area contributed by atoms with Crippen molar-refractivity contribution in [3.63, 3.8) is 0 Å². The molecule has 17 heavy (non-hydrogen) atoms. The molecule has 0 radical (unpaired) electrons. The van der Waals surface area contributed by atoms with Gasteiger partial charge in [-0.1, -0.05) is 41.9 Å². The molecule has 0 saturated carbocycles. The molecule has 0 aliphatic carbocycles. The third-order valence-corrected chi connectivity index (χ3v) is 4.32. The van der Waals surface area contributed by atoms with Crippen molar-refractivity contribution in [2.75, 3.05) is 6.26 Å². The Labute approximate surface area is 106 Å². The summed E-state index contributed by atoms with van der Waals surface area (Å²) in [6.07, 6.45) is 1.62. The first-order chi connectivity index (χ1) is 8.09. The number of hydrogen-bond donors (Lipinski definition) is 0. The van der Waals surface area contributed by atoms with Crippen LogP contribution in [0.3, 0.4) is 0 Å². The summed E-state index contributed by atoms with van der Waals surface area (Å²) in [5.74, 6) is 0. The van der Waals surface area contributed by atoms with Crippen molar-refractivity contribution in [2.24, 2.45) is 4.36 Å². The summed E-state index contributed by atoms with van der Waals surface area (Å²) in [5.41, 5.74) is 0.561. The Balaban J connectivity index is 2.54. The lowest BCUT2D eigenvalue weighted by Crippen LogP contribution is -1.96. The molecule has 0 saturated heterocycles. The van der Waals surface area contributed by atoms with Crippen LogP contribution in [0.1, 0.15) is 0 Å². The van der Waals surface area contributed by atoms with Crippen molar-refractivity contribution >= 4 is 27.0 Å². The highest BCUT2D eigenvalue weighted by Gasteiger charge is 2.06. The highest BCUT2D eigenvalue weighted by molar-refractivity contribution is 7.93. The molecule has 2 aromatic carbocycles. The maximum absolute atomic E-state index is 12.5. The third-order valence-electron chi connectivity index (χ3n) is 2.31. The van der Waals surface area contributed by atoms with Crippen LogP contribution in [0.2, 0.25) is 5.02 Å². The van der Waals surface area contributed by atoms with E-state index in [1.807, 2.05) is 42.5 Å². The summed E-state index contributed by atoms with van der Waals surface area (Å²) >= 11 is 6.00. The maximum atomic E-state index is 12.5. The average Bonchev–Trinajstić information content (AvgIpc) is 2.33. The molecule has 0 fully saturated rings. The van der Waals surface area contributed by atoms with E-state index in [1.165, 1.54) is 0 Å². The Kier molecular flexibility index (Phi) is 3.50. The van der Waals surface area contributed by atoms with Crippen LogP contribution in [-0.4, -0.2) is 10.5 Å². The van der Waals surface area contributed by atoms with Gasteiger partial charge < -0.3 is 0 Å². The van der Waals surface area contributed by atoms with Gasteiger partial charge in [0.15, 0.2) is 0 Å². The first-order valence-corrected chi connectivity index (χ1v) is 7.41. The van der Waals surface area contributed by atoms with Crippen LogP contribution >= 0.6 is 11.6 Å². The van der Waals surface area contributed by atoms with Crippen molar-refractivity contribution in [3.05, 3.63) is 59.6 Å². The third kappa shape index (κ3) is 2.87. The zero-order chi connectivity index (χ0) is 12.3. The fourth-order valence-corrected chi connectivity index (χ4v) is 2.97. The summed E-state index contributed by atoms with van der Waals surface area (Å²) in [7, 11) is -2.45. The summed E-state index contributed by atoms with van der Waals surface area (Å²) < 4.78 is 16.7. The number of halogens is 1. The van der Waals surface area contributed by atoms with Gasteiger partial charge in [0.1, 0.15) is 0 Å². The molecule has 88 valence electrons. The Morgan fingerprint density at radius 3 is 2.24 bits per heavy atom. The molecule has 0 N–H and O–H groups in total. The van der Waals surface area contributed by atoms with Gasteiger partial charge in [-0.3, -0.25) is 0 Å². The number of hydrogen-bond acceptors (Lipinski definition) is 2. The quantitative estimate of drug-likeness (QED) is 0.803. The van der Waals surface area contributed by atoms with E-state index in [2.05, 4.69) is 4.36 Å². The second-order valence-electron chi connectivity index (χ2n) is 3.66. The lowest BCUT2D eigenvalue weighted by atomic mass is 10.3. The largest absolute Gasteiger partial charge is 0.245 e. The first kappa shape index (κ1) is 12.1. The summed E-state index contributed by atoms with van der Waals surface area (Å²) in [6.45, 7) is 0. The lowest BCUT2D eigenvalue weighted by molar-refractivity contribution is 0.681. The Hall–Kier alpha value is -1.32. The highest BCUT2D eigenvalue weighted by atomic mass is 35.5. The SMILES string of the molecule is CS(=O)(=Nc1ccccc1Cl)c1ccccc1. The number of benzene rings is 2. The van der Waals surface area contributed by atoms with E-state index in [9.17, 15) is 4.21 Å². The second kappa shape index (κ2) is 4.90. The molecular weight excluding hydrogens is 254 g/mol. The van der Waals surface area contributed by atoms with Crippen LogP contribution in [0.5, 0.6) is 0 Å². The first-order valence-electron chi connectivity index (χ1n) is 5.11. The molecule has 0 amide bonds. The second-order valence-corrected chi connectivity index (χ2v) is 6.32. The van der Waals surface area contributed by atoms with Crippen LogP contribution in [-0.2, 0) is 9.73 Å². The molecule has 2 nitrogen and oxygen atoms in total. The van der Waals surface area contributed by atoms with E-state index in [-0.39, 0.29) is 0 Å². The minimum Gasteiger partial charge on any atom is -0.245 e. The number of rotatable bonds is 2. The van der Waals surface area contributed by atoms with Gasteiger partial charge in [0, 0.05) is 11.2 Å². The Bertz CT molecular complexity index is 631. The monoisotopic (exact) mass is 265 g/mol. The topological polar surface area (TPSA) is 29.4 Å². The van der Waals surface area contributed by atoms with Crippen LogP contribution in [0.25, 0.3) is 0 Å². The smallest absolute Gasteiger partial charge is 0.0919 e. The van der Waals surface area contributed by atoms with Gasteiger partial charge in [0.05, 0.1) is 20.4 Å². The normalized spacial score (nSPS) is 14.0. The summed E-state index contributed by atoms with van der Waals surface area (Å²) in [5, 5.41) is 0.512. The van der Waals surface area contributed by atoms with E-state index in [0.717, 1.165) is 0 Å². The van der Waals surface area contributed by atoms with E-state index >= 15 is 0 Å². The molecule has 4 heteroatoms. The molecule has 0 aliphatic rings. The zero-order valence-electron chi connectivity index (χ0n) is 9.34. The molecule has 0 aliphatic heterocycles. The van der Waals surface area contributed by atoms with Crippen molar-refractivity contribution in [3.8, 4) is 0 Å². The van der Waals surface area contributed by atoms with Gasteiger partial charge in [-0.05, 0) is 24.3 Å². The van der Waals surface area contributed by atoms with E-state index in [1.54, 1.807) is 18.4 Å². The fourth-order valence-electron chi connectivity index (χ4n) is 1.44. The summed E-state index contributed by atoms with van der Waals surface area (Å²) in [6, 6.07) is 16.3. The van der Waals surface area contributed by atoms with Crippen LogP contribution in [0.15, 0.2) is 63.9 Å². The van der Waals surface area contributed by atoms with Gasteiger partial charge in [0.25, 0.3) is 0 Å². The molecule has 1 unspecified atom stereocenters. The zero-order valence-corrected chi connectivity index (χ0v) is 10.9. The Morgan fingerprint density at radius 2 is 1.59 bits per heavy atom. The van der Waals surface area contributed by atoms with E-state index in [0.29, 0.717) is 15.6 Å². The predicted octanol–water partition coefficient (Wildman–Crippen LogP) is 4.13. The molecule has 2 aromatic rings. The molecule has 0 spiro atoms. The van der Waals surface area contributed by atoms with Gasteiger partial charge in [-0.15, -0.1) is 0 Å². The van der Waals surface area contributed by atoms with Gasteiger partial charge in [0.2, 0.25) is 0 Å². The Morgan fingerprint density at radius 1 is 1.00 bits per heavy atom. The minimum absolute atomic E-state index is 0.512. The summed E-state index contributed by atoms with van der Waals surface area (Å²) in [4.78, 5) is 0.708.